The van der Waals surface area contributed by atoms with Gasteiger partial charge in [0.1, 0.15) is 0 Å². The summed E-state index contributed by atoms with van der Waals surface area (Å²) in [6.45, 7) is 5.21. The predicted molar refractivity (Wildman–Crippen MR) is 106 cm³/mol. The molecule has 0 spiro atoms. The normalized spacial score (nSPS) is 16.0. The fraction of sp³-hybridized carbons (Fsp3) is 0.333. The Morgan fingerprint density at radius 3 is 2.22 bits per heavy atom. The number of amides is 3. The van der Waals surface area contributed by atoms with Gasteiger partial charge in [-0.15, -0.1) is 0 Å². The summed E-state index contributed by atoms with van der Waals surface area (Å²) >= 11 is 0. The van der Waals surface area contributed by atoms with Crippen molar-refractivity contribution in [1.29, 1.82) is 0 Å². The molecule has 6 nitrogen and oxygen atoms in total. The smallest absolute Gasteiger partial charge is 0.319 e. The molecule has 0 aromatic heterocycles. The zero-order chi connectivity index (χ0) is 19.2. The lowest BCUT2D eigenvalue weighted by Gasteiger charge is -2.12. The van der Waals surface area contributed by atoms with Crippen LogP contribution in [0.4, 0.5) is 16.2 Å². The molecule has 0 bridgehead atoms. The number of hydrogen-bond donors (Lipinski definition) is 3. The minimum absolute atomic E-state index is 0.110. The molecular formula is C21H25N3O3. The number of ether oxygens (including phenoxy) is 1. The first kappa shape index (κ1) is 18.9. The van der Waals surface area contributed by atoms with Gasteiger partial charge in [0.25, 0.3) is 5.91 Å². The number of anilines is 2. The summed E-state index contributed by atoms with van der Waals surface area (Å²) in [6, 6.07) is 12.5. The third kappa shape index (κ3) is 5.56. The van der Waals surface area contributed by atoms with E-state index < -0.39 is 0 Å². The number of carbonyl (C=O) groups excluding carboxylic acids is 2. The maximum atomic E-state index is 12.4. The van der Waals surface area contributed by atoms with Crippen LogP contribution in [0, 0.1) is 13.8 Å². The van der Waals surface area contributed by atoms with Crippen LogP contribution in [0.3, 0.4) is 0 Å². The molecule has 6 heteroatoms. The van der Waals surface area contributed by atoms with Crippen LogP contribution in [-0.4, -0.2) is 31.2 Å². The molecule has 1 saturated heterocycles. The average molecular weight is 367 g/mol. The van der Waals surface area contributed by atoms with Gasteiger partial charge in [0.2, 0.25) is 0 Å². The van der Waals surface area contributed by atoms with Crippen molar-refractivity contribution >= 4 is 23.3 Å². The van der Waals surface area contributed by atoms with Gasteiger partial charge in [-0.3, -0.25) is 4.79 Å². The highest BCUT2D eigenvalue weighted by Crippen LogP contribution is 2.16. The fourth-order valence-corrected chi connectivity index (χ4v) is 3.13. The van der Waals surface area contributed by atoms with Gasteiger partial charge >= 0.3 is 6.03 Å². The summed E-state index contributed by atoms with van der Waals surface area (Å²) in [6.07, 6.45) is 2.14. The quantitative estimate of drug-likeness (QED) is 0.751. The third-order valence-electron chi connectivity index (χ3n) is 4.40. The van der Waals surface area contributed by atoms with E-state index in [-0.39, 0.29) is 18.0 Å². The fourth-order valence-electron chi connectivity index (χ4n) is 3.13. The molecule has 142 valence electrons. The van der Waals surface area contributed by atoms with Gasteiger partial charge in [-0.05, 0) is 63.1 Å². The van der Waals surface area contributed by atoms with Crippen molar-refractivity contribution in [2.45, 2.75) is 32.8 Å². The zero-order valence-corrected chi connectivity index (χ0v) is 15.7. The average Bonchev–Trinajstić information content (AvgIpc) is 3.14. The molecule has 1 atom stereocenters. The van der Waals surface area contributed by atoms with Gasteiger partial charge < -0.3 is 20.7 Å². The Morgan fingerprint density at radius 2 is 1.63 bits per heavy atom. The lowest BCUT2D eigenvalue weighted by Crippen LogP contribution is -2.35. The van der Waals surface area contributed by atoms with E-state index >= 15 is 0 Å². The van der Waals surface area contributed by atoms with Gasteiger partial charge in [-0.25, -0.2) is 4.79 Å². The van der Waals surface area contributed by atoms with Gasteiger partial charge in [-0.2, -0.15) is 0 Å². The molecule has 0 aliphatic carbocycles. The van der Waals surface area contributed by atoms with Gasteiger partial charge in [0.05, 0.1) is 6.10 Å². The maximum Gasteiger partial charge on any atom is 0.319 e. The van der Waals surface area contributed by atoms with Crippen LogP contribution >= 0.6 is 0 Å². The summed E-state index contributed by atoms with van der Waals surface area (Å²) in [7, 11) is 0. The Balaban J connectivity index is 1.51. The highest BCUT2D eigenvalue weighted by atomic mass is 16.5. The van der Waals surface area contributed by atoms with Crippen molar-refractivity contribution in [2.24, 2.45) is 0 Å². The van der Waals surface area contributed by atoms with Crippen molar-refractivity contribution < 1.29 is 14.3 Å². The summed E-state index contributed by atoms with van der Waals surface area (Å²) in [5, 5.41) is 8.45. The van der Waals surface area contributed by atoms with E-state index in [2.05, 4.69) is 16.0 Å². The van der Waals surface area contributed by atoms with Crippen LogP contribution in [0.5, 0.6) is 0 Å². The second-order valence-electron chi connectivity index (χ2n) is 6.88. The molecule has 0 saturated carbocycles. The number of hydrogen-bond acceptors (Lipinski definition) is 3. The molecule has 2 aromatic carbocycles. The predicted octanol–water partition coefficient (Wildman–Crippen LogP) is 3.86. The maximum absolute atomic E-state index is 12.4. The third-order valence-corrected chi connectivity index (χ3v) is 4.40. The molecule has 3 N–H and O–H groups in total. The van der Waals surface area contributed by atoms with Gasteiger partial charge in [0.15, 0.2) is 0 Å². The zero-order valence-electron chi connectivity index (χ0n) is 15.7. The minimum atomic E-state index is -0.266. The van der Waals surface area contributed by atoms with Crippen LogP contribution in [0.25, 0.3) is 0 Å². The van der Waals surface area contributed by atoms with Crippen molar-refractivity contribution in [1.82, 2.24) is 5.32 Å². The van der Waals surface area contributed by atoms with Crippen molar-refractivity contribution in [3.8, 4) is 0 Å². The second kappa shape index (κ2) is 8.68. The first-order valence-corrected chi connectivity index (χ1v) is 9.16. The highest BCUT2D eigenvalue weighted by Gasteiger charge is 2.16. The molecule has 27 heavy (non-hydrogen) atoms. The summed E-state index contributed by atoms with van der Waals surface area (Å²) < 4.78 is 5.47. The number of rotatable bonds is 5. The SMILES string of the molecule is Cc1cc(C)cc(C(=O)Nc2ccc(NC(=O)NCC3CCCO3)cc2)c1. The number of nitrogens with one attached hydrogen (secondary N) is 3. The summed E-state index contributed by atoms with van der Waals surface area (Å²) in [5.41, 5.74) is 4.05. The molecule has 3 amide bonds. The second-order valence-corrected chi connectivity index (χ2v) is 6.88. The molecule has 3 rings (SSSR count). The van der Waals surface area contributed by atoms with Crippen LogP contribution in [-0.2, 0) is 4.74 Å². The monoisotopic (exact) mass is 367 g/mol. The van der Waals surface area contributed by atoms with E-state index in [1.54, 1.807) is 24.3 Å². The summed E-state index contributed by atoms with van der Waals surface area (Å²) in [4.78, 5) is 24.3. The number of benzene rings is 2. The first-order chi connectivity index (χ1) is 13.0. The topological polar surface area (TPSA) is 79.5 Å². The molecule has 1 aliphatic heterocycles. The highest BCUT2D eigenvalue weighted by molar-refractivity contribution is 6.04. The molecule has 1 heterocycles. The first-order valence-electron chi connectivity index (χ1n) is 9.16. The number of urea groups is 1. The van der Waals surface area contributed by atoms with Crippen LogP contribution < -0.4 is 16.0 Å². The molecule has 0 radical (unpaired) electrons. The standard InChI is InChI=1S/C21H25N3O3/c1-14-10-15(2)12-16(11-14)20(25)23-17-5-7-18(8-6-17)24-21(26)22-13-19-4-3-9-27-19/h5-8,10-12,19H,3-4,9,13H2,1-2H3,(H,23,25)(H2,22,24,26). The molecule has 1 unspecified atom stereocenters. The van der Waals surface area contributed by atoms with Crippen LogP contribution in [0.2, 0.25) is 0 Å². The molecule has 2 aromatic rings. The Morgan fingerprint density at radius 1 is 1.00 bits per heavy atom. The largest absolute Gasteiger partial charge is 0.376 e. The Bertz CT molecular complexity index is 792. The molecule has 1 aliphatic rings. The van der Waals surface area contributed by atoms with E-state index in [1.807, 2.05) is 32.0 Å². The molecule has 1 fully saturated rings. The van der Waals surface area contributed by atoms with E-state index in [4.69, 9.17) is 4.74 Å². The number of aryl methyl sites for hydroxylation is 2. The van der Waals surface area contributed by atoms with E-state index in [0.29, 0.717) is 23.5 Å². The number of carbonyl (C=O) groups is 2. The molecular weight excluding hydrogens is 342 g/mol. The minimum Gasteiger partial charge on any atom is -0.376 e. The van der Waals surface area contributed by atoms with Gasteiger partial charge in [0, 0.05) is 30.1 Å². The van der Waals surface area contributed by atoms with E-state index in [9.17, 15) is 9.59 Å². The van der Waals surface area contributed by atoms with Crippen molar-refractivity contribution in [2.75, 3.05) is 23.8 Å². The van der Waals surface area contributed by atoms with Crippen LogP contribution in [0.15, 0.2) is 42.5 Å². The Hall–Kier alpha value is -2.86. The lowest BCUT2D eigenvalue weighted by molar-refractivity contribution is 0.102. The Kier molecular flexibility index (Phi) is 6.08. The summed E-state index contributed by atoms with van der Waals surface area (Å²) in [5.74, 6) is -0.156. The van der Waals surface area contributed by atoms with E-state index in [0.717, 1.165) is 30.6 Å². The van der Waals surface area contributed by atoms with E-state index in [1.165, 1.54) is 0 Å². The van der Waals surface area contributed by atoms with Crippen molar-refractivity contribution in [3.63, 3.8) is 0 Å². The van der Waals surface area contributed by atoms with Crippen LogP contribution in [0.1, 0.15) is 34.3 Å². The van der Waals surface area contributed by atoms with Crippen molar-refractivity contribution in [3.05, 3.63) is 59.2 Å². The Labute approximate surface area is 159 Å². The lowest BCUT2D eigenvalue weighted by atomic mass is 10.1. The van der Waals surface area contributed by atoms with Gasteiger partial charge in [-0.1, -0.05) is 17.2 Å².